The highest BCUT2D eigenvalue weighted by Gasteiger charge is 2.26. The number of hydrogen-bond donors (Lipinski definition) is 2. The summed E-state index contributed by atoms with van der Waals surface area (Å²) in [4.78, 5) is 16.8. The maximum Gasteiger partial charge on any atom is 0.407 e. The second-order valence-electron chi connectivity index (χ2n) is 5.10. The van der Waals surface area contributed by atoms with Crippen LogP contribution in [0.1, 0.15) is 6.42 Å². The molecule has 2 aromatic rings. The van der Waals surface area contributed by atoms with E-state index in [1.54, 1.807) is 13.3 Å². The van der Waals surface area contributed by atoms with Crippen molar-refractivity contribution in [1.82, 2.24) is 9.88 Å². The summed E-state index contributed by atoms with van der Waals surface area (Å²) in [7, 11) is 1.62. The molecule has 0 radical (unpaired) electrons. The van der Waals surface area contributed by atoms with Gasteiger partial charge in [0.1, 0.15) is 5.75 Å². The molecule has 1 aromatic heterocycles. The van der Waals surface area contributed by atoms with E-state index in [9.17, 15) is 4.79 Å². The van der Waals surface area contributed by atoms with Crippen LogP contribution in [0, 0.1) is 0 Å². The average molecular weight is 287 g/mol. The number of pyridine rings is 1. The summed E-state index contributed by atoms with van der Waals surface area (Å²) in [5.41, 5.74) is 1.78. The van der Waals surface area contributed by atoms with E-state index in [2.05, 4.69) is 10.3 Å². The zero-order valence-electron chi connectivity index (χ0n) is 11.7. The summed E-state index contributed by atoms with van der Waals surface area (Å²) in [6, 6.07) is 7.80. The summed E-state index contributed by atoms with van der Waals surface area (Å²) in [6.07, 6.45) is 1.68. The number of carbonyl (C=O) groups is 1. The van der Waals surface area contributed by atoms with Crippen LogP contribution in [0.15, 0.2) is 30.5 Å². The normalized spacial score (nSPS) is 18.0. The highest BCUT2D eigenvalue weighted by Crippen LogP contribution is 2.29. The summed E-state index contributed by atoms with van der Waals surface area (Å²) >= 11 is 0. The Labute approximate surface area is 122 Å². The van der Waals surface area contributed by atoms with Gasteiger partial charge in [-0.25, -0.2) is 4.79 Å². The first-order valence-corrected chi connectivity index (χ1v) is 6.84. The molecule has 1 atom stereocenters. The second-order valence-corrected chi connectivity index (χ2v) is 5.10. The molecule has 6 heteroatoms. The number of likely N-dealkylation sites (tertiary alicyclic amines) is 1. The Morgan fingerprint density at radius 3 is 3.10 bits per heavy atom. The van der Waals surface area contributed by atoms with Crippen LogP contribution in [0.25, 0.3) is 10.9 Å². The predicted molar refractivity (Wildman–Crippen MR) is 79.9 cm³/mol. The summed E-state index contributed by atoms with van der Waals surface area (Å²) < 4.78 is 5.30. The Morgan fingerprint density at radius 1 is 1.52 bits per heavy atom. The molecule has 2 N–H and O–H groups in total. The van der Waals surface area contributed by atoms with Gasteiger partial charge in [-0.1, -0.05) is 0 Å². The minimum atomic E-state index is -0.864. The maximum absolute atomic E-state index is 11.0. The fourth-order valence-electron chi connectivity index (χ4n) is 2.67. The number of anilines is 1. The Kier molecular flexibility index (Phi) is 3.51. The van der Waals surface area contributed by atoms with E-state index in [0.29, 0.717) is 13.1 Å². The molecule has 6 nitrogen and oxygen atoms in total. The molecule has 0 saturated carbocycles. The van der Waals surface area contributed by atoms with Crippen LogP contribution in [-0.4, -0.2) is 47.3 Å². The Bertz CT molecular complexity index is 674. The van der Waals surface area contributed by atoms with Crippen molar-refractivity contribution in [3.05, 3.63) is 30.5 Å². The lowest BCUT2D eigenvalue weighted by Gasteiger charge is -2.17. The molecule has 0 bridgehead atoms. The van der Waals surface area contributed by atoms with Crippen LogP contribution in [0.4, 0.5) is 10.5 Å². The SMILES string of the molecule is COc1cc(N[C@H]2CCN(C(=O)O)C2)c2cccnc2c1. The van der Waals surface area contributed by atoms with Gasteiger partial charge in [0.15, 0.2) is 0 Å². The van der Waals surface area contributed by atoms with Crippen LogP contribution in [0.3, 0.4) is 0 Å². The standard InChI is InChI=1S/C15H17N3O3/c1-21-11-7-13-12(3-2-5-16-13)14(8-11)17-10-4-6-18(9-10)15(19)20/h2-3,5,7-8,10,17H,4,6,9H2,1H3,(H,19,20)/t10-/m0/s1. The molecular weight excluding hydrogens is 270 g/mol. The van der Waals surface area contributed by atoms with E-state index < -0.39 is 6.09 Å². The molecule has 1 saturated heterocycles. The summed E-state index contributed by atoms with van der Waals surface area (Å²) in [5.74, 6) is 0.733. The molecule has 0 spiro atoms. The number of amides is 1. The van der Waals surface area contributed by atoms with E-state index in [1.807, 2.05) is 24.3 Å². The van der Waals surface area contributed by atoms with Crippen LogP contribution in [0.2, 0.25) is 0 Å². The largest absolute Gasteiger partial charge is 0.497 e. The second kappa shape index (κ2) is 5.47. The van der Waals surface area contributed by atoms with Gasteiger partial charge in [0.2, 0.25) is 0 Å². The van der Waals surface area contributed by atoms with Crippen molar-refractivity contribution in [3.8, 4) is 5.75 Å². The number of nitrogens with zero attached hydrogens (tertiary/aromatic N) is 2. The molecule has 1 aromatic carbocycles. The monoisotopic (exact) mass is 287 g/mol. The topological polar surface area (TPSA) is 74.7 Å². The van der Waals surface area contributed by atoms with Gasteiger partial charge < -0.3 is 20.1 Å². The highest BCUT2D eigenvalue weighted by atomic mass is 16.5. The van der Waals surface area contributed by atoms with Crippen molar-refractivity contribution in [2.75, 3.05) is 25.5 Å². The van der Waals surface area contributed by atoms with Crippen molar-refractivity contribution in [3.63, 3.8) is 0 Å². The van der Waals surface area contributed by atoms with E-state index >= 15 is 0 Å². The number of rotatable bonds is 3. The minimum absolute atomic E-state index is 0.108. The predicted octanol–water partition coefficient (Wildman–Crippen LogP) is 2.41. The number of fused-ring (bicyclic) bond motifs is 1. The first kappa shape index (κ1) is 13.5. The van der Waals surface area contributed by atoms with Crippen LogP contribution < -0.4 is 10.1 Å². The lowest BCUT2D eigenvalue weighted by Crippen LogP contribution is -2.30. The summed E-state index contributed by atoms with van der Waals surface area (Å²) in [5, 5.41) is 13.4. The zero-order valence-corrected chi connectivity index (χ0v) is 11.7. The molecule has 0 aliphatic carbocycles. The van der Waals surface area contributed by atoms with Crippen LogP contribution in [0.5, 0.6) is 5.75 Å². The molecule has 1 amide bonds. The molecule has 3 rings (SSSR count). The number of aromatic nitrogens is 1. The number of nitrogens with one attached hydrogen (secondary N) is 1. The first-order valence-electron chi connectivity index (χ1n) is 6.84. The van der Waals surface area contributed by atoms with E-state index in [1.165, 1.54) is 4.90 Å². The van der Waals surface area contributed by atoms with Gasteiger partial charge in [-0.05, 0) is 18.6 Å². The molecule has 21 heavy (non-hydrogen) atoms. The Hall–Kier alpha value is -2.50. The van der Waals surface area contributed by atoms with Crippen molar-refractivity contribution in [2.45, 2.75) is 12.5 Å². The lowest BCUT2D eigenvalue weighted by molar-refractivity contribution is 0.155. The van der Waals surface area contributed by atoms with Crippen LogP contribution >= 0.6 is 0 Å². The molecule has 0 unspecified atom stereocenters. The molecule has 1 aliphatic heterocycles. The van der Waals surface area contributed by atoms with Crippen molar-refractivity contribution < 1.29 is 14.6 Å². The number of carboxylic acid groups (broad SMARTS) is 1. The maximum atomic E-state index is 11.0. The molecule has 1 aliphatic rings. The molecular formula is C15H17N3O3. The average Bonchev–Trinajstić information content (AvgIpc) is 2.96. The molecule has 1 fully saturated rings. The zero-order chi connectivity index (χ0) is 14.8. The number of methoxy groups -OCH3 is 1. The molecule has 2 heterocycles. The van der Waals surface area contributed by atoms with Crippen molar-refractivity contribution >= 4 is 22.7 Å². The van der Waals surface area contributed by atoms with Gasteiger partial charge in [0.05, 0.1) is 12.6 Å². The fraction of sp³-hybridized carbons (Fsp3) is 0.333. The van der Waals surface area contributed by atoms with E-state index in [-0.39, 0.29) is 6.04 Å². The Morgan fingerprint density at radius 2 is 2.38 bits per heavy atom. The number of ether oxygens (including phenoxy) is 1. The smallest absolute Gasteiger partial charge is 0.407 e. The minimum Gasteiger partial charge on any atom is -0.497 e. The van der Waals surface area contributed by atoms with Gasteiger partial charge in [0, 0.05) is 48.5 Å². The highest BCUT2D eigenvalue weighted by molar-refractivity contribution is 5.92. The molecule has 110 valence electrons. The van der Waals surface area contributed by atoms with E-state index in [4.69, 9.17) is 9.84 Å². The third kappa shape index (κ3) is 2.69. The third-order valence-corrected chi connectivity index (χ3v) is 3.75. The summed E-state index contributed by atoms with van der Waals surface area (Å²) in [6.45, 7) is 1.06. The van der Waals surface area contributed by atoms with Crippen LogP contribution in [-0.2, 0) is 0 Å². The van der Waals surface area contributed by atoms with Crippen molar-refractivity contribution in [2.24, 2.45) is 0 Å². The number of benzene rings is 1. The van der Waals surface area contributed by atoms with Gasteiger partial charge >= 0.3 is 6.09 Å². The van der Waals surface area contributed by atoms with Gasteiger partial charge in [-0.15, -0.1) is 0 Å². The van der Waals surface area contributed by atoms with Crippen molar-refractivity contribution in [1.29, 1.82) is 0 Å². The quantitative estimate of drug-likeness (QED) is 0.906. The lowest BCUT2D eigenvalue weighted by atomic mass is 10.1. The first-order chi connectivity index (χ1) is 10.2. The Balaban J connectivity index is 1.88. The van der Waals surface area contributed by atoms with Gasteiger partial charge in [0.25, 0.3) is 0 Å². The van der Waals surface area contributed by atoms with Gasteiger partial charge in [-0.3, -0.25) is 4.98 Å². The fourth-order valence-corrected chi connectivity index (χ4v) is 2.67. The number of hydrogen-bond acceptors (Lipinski definition) is 4. The van der Waals surface area contributed by atoms with Gasteiger partial charge in [-0.2, -0.15) is 0 Å². The van der Waals surface area contributed by atoms with E-state index in [0.717, 1.165) is 28.8 Å². The third-order valence-electron chi connectivity index (χ3n) is 3.75.